The predicted octanol–water partition coefficient (Wildman–Crippen LogP) is -3.24. The van der Waals surface area contributed by atoms with Gasteiger partial charge in [0, 0.05) is 18.7 Å². The van der Waals surface area contributed by atoms with Crippen LogP contribution in [0, 0.1) is 5.92 Å². The Morgan fingerprint density at radius 1 is 0.912 bits per heavy atom. The van der Waals surface area contributed by atoms with Crippen molar-refractivity contribution in [2.24, 2.45) is 33.8 Å². The van der Waals surface area contributed by atoms with Crippen LogP contribution in [0.2, 0.25) is 0 Å². The Hall–Kier alpha value is -3.07. The smallest absolute Gasteiger partial charge is 0.326 e. The number of carbonyl (C=O) groups excluding carboxylic acids is 4. The standard InChI is InChI=1S/C19H36N8O6S/c1-9(2)14(17(31)25-11(18(32)33)4-3-7-24-19(22)23)27-16(30)12(8-34)26-15(29)10(20)5-6-13(21)28/h9-12,14,34H,3-8,20H2,1-2H3,(H2,21,28)(H,25,31)(H,26,29)(H,27,30)(H,32,33)(H4,22,23,24). The first-order chi connectivity index (χ1) is 15.8. The fourth-order valence-corrected chi connectivity index (χ4v) is 2.97. The molecular formula is C19H36N8O6S. The molecule has 0 aliphatic heterocycles. The lowest BCUT2D eigenvalue weighted by molar-refractivity contribution is -0.142. The molecule has 194 valence electrons. The Morgan fingerprint density at radius 2 is 1.50 bits per heavy atom. The molecule has 34 heavy (non-hydrogen) atoms. The van der Waals surface area contributed by atoms with Crippen LogP contribution in [0.4, 0.5) is 0 Å². The second-order valence-electron chi connectivity index (χ2n) is 7.93. The average molecular weight is 505 g/mol. The first-order valence-electron chi connectivity index (χ1n) is 10.6. The Bertz CT molecular complexity index is 759. The largest absolute Gasteiger partial charge is 0.480 e. The van der Waals surface area contributed by atoms with Crippen LogP contribution in [0.1, 0.15) is 39.5 Å². The summed E-state index contributed by atoms with van der Waals surface area (Å²) in [7, 11) is 0. The van der Waals surface area contributed by atoms with Gasteiger partial charge in [-0.3, -0.25) is 24.2 Å². The van der Waals surface area contributed by atoms with Gasteiger partial charge in [-0.25, -0.2) is 4.79 Å². The average Bonchev–Trinajstić information content (AvgIpc) is 2.74. The van der Waals surface area contributed by atoms with Crippen molar-refractivity contribution in [3.05, 3.63) is 0 Å². The minimum atomic E-state index is -1.25. The number of hydrogen-bond acceptors (Lipinski definition) is 8. The molecule has 0 fully saturated rings. The van der Waals surface area contributed by atoms with Crippen LogP contribution in [0.5, 0.6) is 0 Å². The van der Waals surface area contributed by atoms with Crippen LogP contribution in [-0.2, 0) is 24.0 Å². The summed E-state index contributed by atoms with van der Waals surface area (Å²) in [5, 5.41) is 16.7. The molecule has 4 atom stereocenters. The molecule has 0 aromatic rings. The van der Waals surface area contributed by atoms with Crippen molar-refractivity contribution in [2.75, 3.05) is 12.3 Å². The molecule has 0 bridgehead atoms. The van der Waals surface area contributed by atoms with Crippen LogP contribution in [0.25, 0.3) is 0 Å². The molecular weight excluding hydrogens is 468 g/mol. The lowest BCUT2D eigenvalue weighted by atomic mass is 10.0. The summed E-state index contributed by atoms with van der Waals surface area (Å²) in [6.07, 6.45) is 0.268. The predicted molar refractivity (Wildman–Crippen MR) is 128 cm³/mol. The van der Waals surface area contributed by atoms with Gasteiger partial charge in [0.05, 0.1) is 6.04 Å². The van der Waals surface area contributed by atoms with Gasteiger partial charge < -0.3 is 44.0 Å². The number of carboxylic acid groups (broad SMARTS) is 1. The van der Waals surface area contributed by atoms with Crippen LogP contribution in [0.15, 0.2) is 4.99 Å². The summed E-state index contributed by atoms with van der Waals surface area (Å²) < 4.78 is 0. The highest BCUT2D eigenvalue weighted by atomic mass is 32.1. The van der Waals surface area contributed by atoms with Gasteiger partial charge in [-0.2, -0.15) is 12.6 Å². The van der Waals surface area contributed by atoms with Crippen molar-refractivity contribution in [2.45, 2.75) is 63.7 Å². The maximum absolute atomic E-state index is 12.7. The summed E-state index contributed by atoms with van der Waals surface area (Å²) >= 11 is 4.06. The number of primary amides is 1. The van der Waals surface area contributed by atoms with E-state index in [-0.39, 0.29) is 37.5 Å². The molecule has 0 saturated carbocycles. The monoisotopic (exact) mass is 504 g/mol. The van der Waals surface area contributed by atoms with E-state index in [1.807, 2.05) is 0 Å². The van der Waals surface area contributed by atoms with E-state index in [1.165, 1.54) is 0 Å². The van der Waals surface area contributed by atoms with Gasteiger partial charge in [0.25, 0.3) is 0 Å². The topological polar surface area (TPSA) is 258 Å². The zero-order valence-corrected chi connectivity index (χ0v) is 20.2. The van der Waals surface area contributed by atoms with Crippen molar-refractivity contribution in [3.8, 4) is 0 Å². The molecule has 0 spiro atoms. The van der Waals surface area contributed by atoms with Gasteiger partial charge in [0.15, 0.2) is 5.96 Å². The highest BCUT2D eigenvalue weighted by Gasteiger charge is 2.31. The number of aliphatic carboxylic acids is 1. The maximum Gasteiger partial charge on any atom is 0.326 e. The number of hydrogen-bond donors (Lipinski definition) is 9. The normalized spacial score (nSPS) is 14.3. The number of nitrogens with zero attached hydrogens (tertiary/aromatic N) is 1. The Kier molecular flexibility index (Phi) is 14.3. The molecule has 0 aliphatic carbocycles. The van der Waals surface area contributed by atoms with E-state index < -0.39 is 59.7 Å². The van der Waals surface area contributed by atoms with E-state index in [9.17, 15) is 29.1 Å². The van der Waals surface area contributed by atoms with E-state index >= 15 is 0 Å². The number of carbonyl (C=O) groups is 5. The third kappa shape index (κ3) is 12.2. The zero-order valence-electron chi connectivity index (χ0n) is 19.3. The molecule has 0 radical (unpaired) electrons. The van der Waals surface area contributed by atoms with Gasteiger partial charge in [0.2, 0.25) is 23.6 Å². The van der Waals surface area contributed by atoms with Crippen LogP contribution < -0.4 is 38.9 Å². The number of guanidine groups is 1. The number of thiol groups is 1. The van der Waals surface area contributed by atoms with Crippen molar-refractivity contribution < 1.29 is 29.1 Å². The van der Waals surface area contributed by atoms with Crippen LogP contribution in [-0.4, -0.2) is 77.1 Å². The third-order valence-corrected chi connectivity index (χ3v) is 5.03. The van der Waals surface area contributed by atoms with E-state index in [2.05, 4.69) is 33.6 Å². The van der Waals surface area contributed by atoms with E-state index in [0.717, 1.165) is 0 Å². The second-order valence-corrected chi connectivity index (χ2v) is 8.30. The quantitative estimate of drug-likeness (QED) is 0.0442. The summed E-state index contributed by atoms with van der Waals surface area (Å²) in [5.74, 6) is -4.61. The molecule has 4 amide bonds. The van der Waals surface area contributed by atoms with E-state index in [1.54, 1.807) is 13.8 Å². The summed E-state index contributed by atoms with van der Waals surface area (Å²) in [4.78, 5) is 63.8. The first-order valence-corrected chi connectivity index (χ1v) is 11.3. The number of carboxylic acids is 1. The number of nitrogens with one attached hydrogen (secondary N) is 3. The molecule has 0 heterocycles. The number of nitrogens with two attached hydrogens (primary N) is 4. The van der Waals surface area contributed by atoms with Crippen LogP contribution >= 0.6 is 12.6 Å². The molecule has 0 aromatic carbocycles. The second kappa shape index (κ2) is 15.7. The van der Waals surface area contributed by atoms with Crippen molar-refractivity contribution in [3.63, 3.8) is 0 Å². The summed E-state index contributed by atoms with van der Waals surface area (Å²) in [6, 6.07) is -4.50. The Morgan fingerprint density at radius 3 is 1.97 bits per heavy atom. The van der Waals surface area contributed by atoms with Crippen molar-refractivity contribution in [1.82, 2.24) is 16.0 Å². The molecule has 4 unspecified atom stereocenters. The van der Waals surface area contributed by atoms with Gasteiger partial charge in [-0.05, 0) is 25.2 Å². The summed E-state index contributed by atoms with van der Waals surface area (Å²) in [6.45, 7) is 3.51. The minimum absolute atomic E-state index is 0.00113. The SMILES string of the molecule is CC(C)C(NC(=O)C(CS)NC(=O)C(N)CCC(N)=O)C(=O)NC(CCCN=C(N)N)C(=O)O. The van der Waals surface area contributed by atoms with Gasteiger partial charge >= 0.3 is 5.97 Å². The highest BCUT2D eigenvalue weighted by Crippen LogP contribution is 2.06. The van der Waals surface area contributed by atoms with Crippen LogP contribution in [0.3, 0.4) is 0 Å². The molecule has 0 saturated heterocycles. The van der Waals surface area contributed by atoms with Gasteiger partial charge in [-0.15, -0.1) is 0 Å². The fourth-order valence-electron chi connectivity index (χ4n) is 2.71. The first kappa shape index (κ1) is 30.9. The molecule has 0 rings (SSSR count). The van der Waals surface area contributed by atoms with Gasteiger partial charge in [-0.1, -0.05) is 13.8 Å². The Labute approximate surface area is 203 Å². The van der Waals surface area contributed by atoms with E-state index in [4.69, 9.17) is 22.9 Å². The minimum Gasteiger partial charge on any atom is -0.480 e. The number of rotatable bonds is 16. The van der Waals surface area contributed by atoms with E-state index in [0.29, 0.717) is 6.42 Å². The third-order valence-electron chi connectivity index (χ3n) is 4.66. The number of aliphatic imine (C=N–C) groups is 1. The van der Waals surface area contributed by atoms with Crippen molar-refractivity contribution in [1.29, 1.82) is 0 Å². The maximum atomic E-state index is 12.7. The highest BCUT2D eigenvalue weighted by molar-refractivity contribution is 7.80. The molecule has 12 N–H and O–H groups in total. The fraction of sp³-hybridized carbons (Fsp3) is 0.684. The molecule has 15 heteroatoms. The lowest BCUT2D eigenvalue weighted by Gasteiger charge is -2.26. The lowest BCUT2D eigenvalue weighted by Crippen LogP contribution is -2.59. The number of amides is 4. The molecule has 0 aromatic heterocycles. The zero-order chi connectivity index (χ0) is 26.4. The molecule has 0 aliphatic rings. The Balaban J connectivity index is 5.12. The van der Waals surface area contributed by atoms with Gasteiger partial charge in [0.1, 0.15) is 18.1 Å². The van der Waals surface area contributed by atoms with Crippen molar-refractivity contribution >= 4 is 48.2 Å². The summed E-state index contributed by atoms with van der Waals surface area (Å²) in [5.41, 5.74) is 21.2. The molecule has 14 nitrogen and oxygen atoms in total.